The van der Waals surface area contributed by atoms with Crippen molar-refractivity contribution in [1.29, 1.82) is 0 Å². The van der Waals surface area contributed by atoms with Crippen molar-refractivity contribution in [2.24, 2.45) is 0 Å². The molecule has 2 aromatic rings. The minimum Gasteiger partial charge on any atom is -0.371 e. The highest BCUT2D eigenvalue weighted by Gasteiger charge is 2.60. The Bertz CT molecular complexity index is 981. The lowest BCUT2D eigenvalue weighted by atomic mass is 9.87. The average Bonchev–Trinajstić information content (AvgIpc) is 3.09. The Labute approximate surface area is 159 Å². The molecule has 27 heavy (non-hydrogen) atoms. The summed E-state index contributed by atoms with van der Waals surface area (Å²) in [6, 6.07) is 0. The van der Waals surface area contributed by atoms with Crippen LogP contribution in [-0.4, -0.2) is 55.9 Å². The van der Waals surface area contributed by atoms with Crippen LogP contribution in [0, 0.1) is 0 Å². The van der Waals surface area contributed by atoms with Crippen LogP contribution >= 0.6 is 6.72 Å². The Kier molecular flexibility index (Phi) is 4.62. The summed E-state index contributed by atoms with van der Waals surface area (Å²) in [5.74, 6) is -0.0283. The molecule has 148 valence electrons. The second-order valence-electron chi connectivity index (χ2n) is 6.46. The minimum absolute atomic E-state index is 0.0283. The van der Waals surface area contributed by atoms with Crippen LogP contribution in [0.15, 0.2) is 11.1 Å². The number of ether oxygens (including phenoxy) is 2. The summed E-state index contributed by atoms with van der Waals surface area (Å²) in [6.45, 7) is -1.02. The van der Waals surface area contributed by atoms with Crippen LogP contribution in [0.25, 0.3) is 11.2 Å². The van der Waals surface area contributed by atoms with Crippen LogP contribution in [0.5, 0.6) is 0 Å². The first kappa shape index (κ1) is 18.9. The molecule has 0 amide bonds. The molecule has 4 N–H and O–H groups in total. The topological polar surface area (TPSA) is 147 Å². The van der Waals surface area contributed by atoms with Gasteiger partial charge < -0.3 is 24.6 Å². The van der Waals surface area contributed by atoms with Crippen molar-refractivity contribution < 1.29 is 23.4 Å². The van der Waals surface area contributed by atoms with Gasteiger partial charge in [0.1, 0.15) is 17.8 Å². The van der Waals surface area contributed by atoms with Gasteiger partial charge in [-0.25, -0.2) is 4.98 Å². The van der Waals surface area contributed by atoms with Gasteiger partial charge in [0.25, 0.3) is 5.56 Å². The molecule has 11 nitrogen and oxygen atoms in total. The van der Waals surface area contributed by atoms with Gasteiger partial charge in [0.05, 0.1) is 12.9 Å². The molecule has 0 spiro atoms. The van der Waals surface area contributed by atoms with Gasteiger partial charge in [0.15, 0.2) is 17.4 Å². The number of fused-ring (bicyclic) bond motifs is 3. The van der Waals surface area contributed by atoms with Crippen LogP contribution in [0.2, 0.25) is 0 Å². The molecular weight excluding hydrogens is 397 g/mol. The predicted molar refractivity (Wildman–Crippen MR) is 98.4 cm³/mol. The van der Waals surface area contributed by atoms with E-state index in [2.05, 4.69) is 15.0 Å². The van der Waals surface area contributed by atoms with Crippen molar-refractivity contribution in [2.75, 3.05) is 19.5 Å². The monoisotopic (exact) mass is 417 g/mol. The molecule has 0 radical (unpaired) electrons. The first-order valence-corrected chi connectivity index (χ1v) is 11.0. The zero-order chi connectivity index (χ0) is 19.4. The maximum atomic E-state index is 12.1. The first-order valence-electron chi connectivity index (χ1n) is 8.39. The normalized spacial score (nSPS) is 32.6. The summed E-state index contributed by atoms with van der Waals surface area (Å²) in [6.07, 6.45) is 0.700. The van der Waals surface area contributed by atoms with Gasteiger partial charge in [-0.2, -0.15) is 4.98 Å². The van der Waals surface area contributed by atoms with Gasteiger partial charge in [-0.3, -0.25) is 18.9 Å². The standard InChI is InChI=1S/C14H20N5O6PS/c1-3-14-4-5-23-8(9(14)25-26(21,27)22-2)12(24-14)19-6-16-7-10(19)17-13(15)18-11(7)20/h6,8-9,12H,3-5H2,1-2H3,(H,21,27)(H3,15,17,18,20)/t8-,9+,12+,14?,26?/m0/s1. The van der Waals surface area contributed by atoms with E-state index in [1.165, 1.54) is 13.4 Å². The van der Waals surface area contributed by atoms with Crippen molar-refractivity contribution in [3.63, 3.8) is 0 Å². The molecular formula is C14H20N5O6PS. The van der Waals surface area contributed by atoms with Gasteiger partial charge in [-0.1, -0.05) is 6.92 Å². The highest BCUT2D eigenvalue weighted by atomic mass is 32.5. The number of imidazole rings is 1. The van der Waals surface area contributed by atoms with E-state index in [1.807, 2.05) is 6.92 Å². The number of aromatic nitrogens is 4. The SMILES string of the molecule is CCC12CCO[C@H]([C@H](n3cnc4c(=O)[nH]c(N)nc43)O1)[C@H]2OP(O)(=S)OC. The van der Waals surface area contributed by atoms with E-state index < -0.39 is 36.3 Å². The smallest absolute Gasteiger partial charge is 0.324 e. The zero-order valence-corrected chi connectivity index (χ0v) is 16.4. The number of nitrogen functional groups attached to an aromatic ring is 1. The summed E-state index contributed by atoms with van der Waals surface area (Å²) in [7, 11) is 1.30. The van der Waals surface area contributed by atoms with Crippen molar-refractivity contribution in [2.45, 2.75) is 43.8 Å². The van der Waals surface area contributed by atoms with E-state index in [0.717, 1.165) is 0 Å². The molecule has 2 saturated heterocycles. The van der Waals surface area contributed by atoms with Gasteiger partial charge in [-0.15, -0.1) is 0 Å². The molecule has 0 saturated carbocycles. The number of aromatic amines is 1. The fraction of sp³-hybridized carbons (Fsp3) is 0.643. The summed E-state index contributed by atoms with van der Waals surface area (Å²) in [4.78, 5) is 33.0. The van der Waals surface area contributed by atoms with E-state index in [1.54, 1.807) is 4.57 Å². The molecule has 5 atom stereocenters. The fourth-order valence-corrected chi connectivity index (χ4v) is 4.67. The molecule has 4 rings (SSSR count). The maximum absolute atomic E-state index is 12.1. The summed E-state index contributed by atoms with van der Waals surface area (Å²) < 4.78 is 24.5. The summed E-state index contributed by atoms with van der Waals surface area (Å²) >= 11 is 5.02. The quantitative estimate of drug-likeness (QED) is 0.585. The van der Waals surface area contributed by atoms with Gasteiger partial charge >= 0.3 is 6.72 Å². The lowest BCUT2D eigenvalue weighted by Gasteiger charge is -2.38. The van der Waals surface area contributed by atoms with Gasteiger partial charge in [0.2, 0.25) is 5.95 Å². The Morgan fingerprint density at radius 2 is 2.41 bits per heavy atom. The molecule has 0 aromatic carbocycles. The summed E-state index contributed by atoms with van der Waals surface area (Å²) in [5, 5.41) is 0. The molecule has 4 heterocycles. The number of nitrogens with one attached hydrogen (secondary N) is 1. The largest absolute Gasteiger partial charge is 0.371 e. The number of H-pyrrole nitrogens is 1. The highest BCUT2D eigenvalue weighted by Crippen LogP contribution is 2.55. The van der Waals surface area contributed by atoms with E-state index in [0.29, 0.717) is 19.4 Å². The lowest BCUT2D eigenvalue weighted by molar-refractivity contribution is -0.116. The second kappa shape index (κ2) is 6.59. The van der Waals surface area contributed by atoms with Crippen molar-refractivity contribution >= 4 is 35.6 Å². The molecule has 2 aromatic heterocycles. The zero-order valence-electron chi connectivity index (χ0n) is 14.7. The summed E-state index contributed by atoms with van der Waals surface area (Å²) in [5.41, 5.74) is 4.93. The van der Waals surface area contributed by atoms with Gasteiger partial charge in [0, 0.05) is 13.5 Å². The van der Waals surface area contributed by atoms with Crippen molar-refractivity contribution in [1.82, 2.24) is 19.5 Å². The number of anilines is 1. The lowest BCUT2D eigenvalue weighted by Crippen LogP contribution is -2.49. The molecule has 0 aliphatic carbocycles. The van der Waals surface area contributed by atoms with Crippen molar-refractivity contribution in [3.05, 3.63) is 16.7 Å². The van der Waals surface area contributed by atoms with E-state index >= 15 is 0 Å². The molecule has 2 fully saturated rings. The van der Waals surface area contributed by atoms with Gasteiger partial charge in [-0.05, 0) is 18.2 Å². The molecule has 13 heteroatoms. The number of hydrogen-bond donors (Lipinski definition) is 3. The number of rotatable bonds is 5. The third-order valence-corrected chi connectivity index (χ3v) is 6.75. The third kappa shape index (κ3) is 3.01. The van der Waals surface area contributed by atoms with E-state index in [9.17, 15) is 9.69 Å². The third-order valence-electron chi connectivity index (χ3n) is 5.09. The Hall–Kier alpha value is -1.40. The average molecular weight is 417 g/mol. The molecule has 2 aliphatic heterocycles. The molecule has 2 unspecified atom stereocenters. The first-order chi connectivity index (χ1) is 12.8. The van der Waals surface area contributed by atoms with Crippen LogP contribution in [0.1, 0.15) is 26.0 Å². The van der Waals surface area contributed by atoms with Crippen molar-refractivity contribution in [3.8, 4) is 0 Å². The Balaban J connectivity index is 1.79. The fourth-order valence-electron chi connectivity index (χ4n) is 3.71. The molecule has 2 aliphatic rings. The van der Waals surface area contributed by atoms with Crippen LogP contribution < -0.4 is 11.3 Å². The molecule has 2 bridgehead atoms. The van der Waals surface area contributed by atoms with E-state index in [4.69, 9.17) is 36.1 Å². The Morgan fingerprint density at radius 1 is 1.63 bits per heavy atom. The van der Waals surface area contributed by atoms with Crippen LogP contribution in [0.3, 0.4) is 0 Å². The predicted octanol–water partition coefficient (Wildman–Crippen LogP) is 0.417. The minimum atomic E-state index is -3.44. The number of hydrogen-bond acceptors (Lipinski definition) is 9. The number of nitrogens with zero attached hydrogens (tertiary/aromatic N) is 3. The van der Waals surface area contributed by atoms with Crippen LogP contribution in [0.4, 0.5) is 5.95 Å². The highest BCUT2D eigenvalue weighted by molar-refractivity contribution is 8.07. The van der Waals surface area contributed by atoms with Crippen LogP contribution in [-0.2, 0) is 30.3 Å². The number of nitrogens with two attached hydrogens (primary N) is 1. The maximum Gasteiger partial charge on any atom is 0.324 e. The van der Waals surface area contributed by atoms with E-state index in [-0.39, 0.29) is 17.1 Å². The second-order valence-corrected chi connectivity index (χ2v) is 9.36. The Morgan fingerprint density at radius 3 is 3.11 bits per heavy atom.